The Labute approximate surface area is 103 Å². The highest BCUT2D eigenvalue weighted by Crippen LogP contribution is 2.34. The monoisotopic (exact) mass is 265 g/mol. The fraction of sp³-hybridized carbons (Fsp3) is 0.909. The molecule has 1 aliphatic heterocycles. The van der Waals surface area contributed by atoms with Crippen LogP contribution in [0, 0.1) is 0 Å². The van der Waals surface area contributed by atoms with E-state index in [4.69, 9.17) is 9.79 Å². The number of amides is 1. The molecule has 0 atom stereocenters. The zero-order valence-electron chi connectivity index (χ0n) is 10.8. The van der Waals surface area contributed by atoms with Crippen LogP contribution in [-0.4, -0.2) is 39.8 Å². The number of nitrogens with zero attached hydrogens (tertiary/aromatic N) is 1. The van der Waals surface area contributed by atoms with E-state index >= 15 is 0 Å². The molecule has 0 radical (unpaired) electrons. The predicted octanol–water partition coefficient (Wildman–Crippen LogP) is 1.98. The van der Waals surface area contributed by atoms with E-state index in [-0.39, 0.29) is 0 Å². The van der Waals surface area contributed by atoms with Gasteiger partial charge < -0.3 is 14.7 Å². The van der Waals surface area contributed by atoms with Gasteiger partial charge in [-0.05, 0) is 19.3 Å². The standard InChI is InChI=1S/C7H14NO4P.C4H10/c9-7(6-13(10,11)12)8-4-2-1-3-5-8;1-3-4-2/h1-6H2,(H2,10,11,12);3-4H2,1-2H3. The summed E-state index contributed by atoms with van der Waals surface area (Å²) in [6.45, 7) is 5.64. The van der Waals surface area contributed by atoms with Crippen molar-refractivity contribution in [1.82, 2.24) is 4.90 Å². The first-order chi connectivity index (χ1) is 7.90. The zero-order valence-corrected chi connectivity index (χ0v) is 11.7. The van der Waals surface area contributed by atoms with Crippen LogP contribution in [0.4, 0.5) is 0 Å². The van der Waals surface area contributed by atoms with E-state index in [0.717, 1.165) is 19.3 Å². The average molecular weight is 265 g/mol. The van der Waals surface area contributed by atoms with E-state index < -0.39 is 19.7 Å². The van der Waals surface area contributed by atoms with Crippen LogP contribution in [-0.2, 0) is 9.36 Å². The van der Waals surface area contributed by atoms with E-state index in [1.807, 2.05) is 0 Å². The third-order valence-corrected chi connectivity index (χ3v) is 3.23. The molecule has 0 aromatic rings. The summed E-state index contributed by atoms with van der Waals surface area (Å²) in [5, 5.41) is 0. The molecule has 2 N–H and O–H groups in total. The molecule has 6 heteroatoms. The molecule has 102 valence electrons. The second-order valence-corrected chi connectivity index (χ2v) is 5.91. The predicted molar refractivity (Wildman–Crippen MR) is 67.9 cm³/mol. The Morgan fingerprint density at radius 2 is 1.59 bits per heavy atom. The Kier molecular flexibility index (Phi) is 8.48. The molecule has 17 heavy (non-hydrogen) atoms. The van der Waals surface area contributed by atoms with Crippen LogP contribution in [0.25, 0.3) is 0 Å². The van der Waals surface area contributed by atoms with Crippen molar-refractivity contribution in [2.75, 3.05) is 19.3 Å². The van der Waals surface area contributed by atoms with Gasteiger partial charge in [0.25, 0.3) is 0 Å². The van der Waals surface area contributed by atoms with E-state index in [9.17, 15) is 9.36 Å². The Morgan fingerprint density at radius 3 is 1.94 bits per heavy atom. The molecular weight excluding hydrogens is 241 g/mol. The maximum atomic E-state index is 11.2. The SMILES string of the molecule is CCCC.O=C(CP(=O)(O)O)N1CCCCC1. The maximum Gasteiger partial charge on any atom is 0.334 e. The number of likely N-dealkylation sites (tertiary alicyclic amines) is 1. The van der Waals surface area contributed by atoms with Crippen molar-refractivity contribution in [3.8, 4) is 0 Å². The van der Waals surface area contributed by atoms with Crippen molar-refractivity contribution in [3.63, 3.8) is 0 Å². The Morgan fingerprint density at radius 1 is 1.12 bits per heavy atom. The van der Waals surface area contributed by atoms with Gasteiger partial charge in [0.1, 0.15) is 6.16 Å². The molecule has 1 heterocycles. The Bertz CT molecular complexity index is 256. The van der Waals surface area contributed by atoms with Crippen molar-refractivity contribution in [2.24, 2.45) is 0 Å². The fourth-order valence-electron chi connectivity index (χ4n) is 1.42. The van der Waals surface area contributed by atoms with Gasteiger partial charge >= 0.3 is 7.60 Å². The molecule has 1 aliphatic rings. The lowest BCUT2D eigenvalue weighted by molar-refractivity contribution is -0.129. The van der Waals surface area contributed by atoms with Crippen molar-refractivity contribution in [1.29, 1.82) is 0 Å². The lowest BCUT2D eigenvalue weighted by atomic mass is 10.1. The summed E-state index contributed by atoms with van der Waals surface area (Å²) < 4.78 is 10.5. The Hall–Kier alpha value is -0.380. The van der Waals surface area contributed by atoms with Gasteiger partial charge in [-0.25, -0.2) is 0 Å². The Balaban J connectivity index is 0.000000557. The highest BCUT2D eigenvalue weighted by molar-refractivity contribution is 7.52. The second kappa shape index (κ2) is 8.67. The molecule has 0 bridgehead atoms. The highest BCUT2D eigenvalue weighted by Gasteiger charge is 2.24. The van der Waals surface area contributed by atoms with Crippen molar-refractivity contribution in [2.45, 2.75) is 46.0 Å². The summed E-state index contributed by atoms with van der Waals surface area (Å²) in [5.41, 5.74) is 0. The van der Waals surface area contributed by atoms with Gasteiger partial charge in [0.2, 0.25) is 5.91 Å². The molecule has 1 amide bonds. The topological polar surface area (TPSA) is 77.8 Å². The summed E-state index contributed by atoms with van der Waals surface area (Å²) in [4.78, 5) is 29.9. The molecule has 0 spiro atoms. The molecule has 1 saturated heterocycles. The van der Waals surface area contributed by atoms with Gasteiger partial charge in [-0.3, -0.25) is 9.36 Å². The van der Waals surface area contributed by atoms with E-state index in [0.29, 0.717) is 13.1 Å². The van der Waals surface area contributed by atoms with Crippen LogP contribution < -0.4 is 0 Å². The number of carbonyl (C=O) groups is 1. The summed E-state index contributed by atoms with van der Waals surface area (Å²) in [6.07, 6.45) is 4.96. The van der Waals surface area contributed by atoms with E-state index in [1.165, 1.54) is 17.7 Å². The van der Waals surface area contributed by atoms with Crippen LogP contribution in [0.1, 0.15) is 46.0 Å². The average Bonchev–Trinajstić information content (AvgIpc) is 2.28. The van der Waals surface area contributed by atoms with Gasteiger partial charge in [-0.1, -0.05) is 26.7 Å². The second-order valence-electron chi connectivity index (χ2n) is 4.26. The smallest absolute Gasteiger partial charge is 0.334 e. The number of unbranched alkanes of at least 4 members (excludes halogenated alkanes) is 1. The molecule has 1 rings (SSSR count). The van der Waals surface area contributed by atoms with Crippen molar-refractivity contribution < 1.29 is 19.1 Å². The van der Waals surface area contributed by atoms with Crippen LogP contribution in [0.5, 0.6) is 0 Å². The van der Waals surface area contributed by atoms with Gasteiger partial charge in [0, 0.05) is 13.1 Å². The van der Waals surface area contributed by atoms with Gasteiger partial charge in [-0.2, -0.15) is 0 Å². The van der Waals surface area contributed by atoms with Gasteiger partial charge in [-0.15, -0.1) is 0 Å². The highest BCUT2D eigenvalue weighted by atomic mass is 31.2. The zero-order chi connectivity index (χ0) is 13.3. The first-order valence-electron chi connectivity index (χ1n) is 6.23. The number of piperidine rings is 1. The molecule has 0 aromatic heterocycles. The molecular formula is C11H24NO4P. The van der Waals surface area contributed by atoms with Crippen molar-refractivity contribution >= 4 is 13.5 Å². The maximum absolute atomic E-state index is 11.2. The minimum absolute atomic E-state index is 0.423. The van der Waals surface area contributed by atoms with Crippen LogP contribution >= 0.6 is 7.60 Å². The minimum Gasteiger partial charge on any atom is -0.342 e. The summed E-state index contributed by atoms with van der Waals surface area (Å²) >= 11 is 0. The number of rotatable bonds is 3. The molecule has 0 aromatic carbocycles. The van der Waals surface area contributed by atoms with E-state index in [1.54, 1.807) is 0 Å². The minimum atomic E-state index is -4.18. The largest absolute Gasteiger partial charge is 0.342 e. The fourth-order valence-corrected chi connectivity index (χ4v) is 1.97. The number of carbonyl (C=O) groups excluding carboxylic acids is 1. The first kappa shape index (κ1) is 16.6. The lowest BCUT2D eigenvalue weighted by Gasteiger charge is -2.26. The normalized spacial score (nSPS) is 16.1. The van der Waals surface area contributed by atoms with Crippen LogP contribution in [0.2, 0.25) is 0 Å². The molecule has 0 saturated carbocycles. The van der Waals surface area contributed by atoms with Crippen molar-refractivity contribution in [3.05, 3.63) is 0 Å². The summed E-state index contributed by atoms with van der Waals surface area (Å²) in [7, 11) is -4.18. The lowest BCUT2D eigenvalue weighted by Crippen LogP contribution is -2.37. The number of hydrogen-bond donors (Lipinski definition) is 2. The number of hydrogen-bond acceptors (Lipinski definition) is 2. The third kappa shape index (κ3) is 9.33. The molecule has 0 unspecified atom stereocenters. The quantitative estimate of drug-likeness (QED) is 0.765. The summed E-state index contributed by atoms with van der Waals surface area (Å²) in [5.74, 6) is -0.423. The third-order valence-electron chi connectivity index (χ3n) is 2.55. The van der Waals surface area contributed by atoms with Crippen LogP contribution in [0.15, 0.2) is 0 Å². The summed E-state index contributed by atoms with van der Waals surface area (Å²) in [6, 6.07) is 0. The molecule has 1 fully saturated rings. The molecule has 5 nitrogen and oxygen atoms in total. The van der Waals surface area contributed by atoms with Gasteiger partial charge in [0.05, 0.1) is 0 Å². The molecule has 0 aliphatic carbocycles. The van der Waals surface area contributed by atoms with E-state index in [2.05, 4.69) is 13.8 Å². The van der Waals surface area contributed by atoms with Crippen LogP contribution in [0.3, 0.4) is 0 Å². The first-order valence-corrected chi connectivity index (χ1v) is 8.02. The van der Waals surface area contributed by atoms with Gasteiger partial charge in [0.15, 0.2) is 0 Å².